The summed E-state index contributed by atoms with van der Waals surface area (Å²) >= 11 is 0. The van der Waals surface area contributed by atoms with Crippen LogP contribution in [0.1, 0.15) is 16.7 Å². The molecule has 2 aliphatic rings. The van der Waals surface area contributed by atoms with E-state index in [2.05, 4.69) is 28.0 Å². The van der Waals surface area contributed by atoms with E-state index in [-0.39, 0.29) is 0 Å². The molecule has 2 aliphatic heterocycles. The Balaban J connectivity index is 1.36. The van der Waals surface area contributed by atoms with Gasteiger partial charge in [-0.3, -0.25) is 4.90 Å². The molecule has 1 fully saturated rings. The Morgan fingerprint density at radius 3 is 2.47 bits per heavy atom. The van der Waals surface area contributed by atoms with Crippen LogP contribution in [0, 0.1) is 11.3 Å². The average molecular weight is 394 g/mol. The third-order valence-corrected chi connectivity index (χ3v) is 5.57. The predicted molar refractivity (Wildman–Crippen MR) is 117 cm³/mol. The highest BCUT2D eigenvalue weighted by atomic mass is 16.5. The van der Waals surface area contributed by atoms with E-state index in [0.717, 1.165) is 61.3 Å². The average Bonchev–Trinajstić information content (AvgIpc) is 2.96. The van der Waals surface area contributed by atoms with Gasteiger partial charge in [-0.15, -0.1) is 0 Å². The van der Waals surface area contributed by atoms with Gasteiger partial charge in [0.2, 0.25) is 0 Å². The van der Waals surface area contributed by atoms with Crippen molar-refractivity contribution >= 4 is 11.5 Å². The molecule has 5 rings (SSSR count). The Bertz CT molecular complexity index is 1140. The summed E-state index contributed by atoms with van der Waals surface area (Å²) < 4.78 is 6.17. The van der Waals surface area contributed by atoms with Crippen LogP contribution < -0.4 is 4.74 Å². The molecule has 0 spiro atoms. The van der Waals surface area contributed by atoms with Gasteiger partial charge < -0.3 is 9.64 Å². The fraction of sp³-hybridized carbons (Fsp3) is 0.200. The molecular weight excluding hydrogens is 372 g/mol. The zero-order valence-electron chi connectivity index (χ0n) is 16.7. The van der Waals surface area contributed by atoms with E-state index in [0.29, 0.717) is 5.56 Å². The molecule has 0 saturated carbocycles. The molecule has 2 heterocycles. The van der Waals surface area contributed by atoms with Gasteiger partial charge in [0, 0.05) is 32.7 Å². The first-order valence-electron chi connectivity index (χ1n) is 10.2. The topological polar surface area (TPSA) is 51.9 Å². The molecular formula is C25H22N4O. The minimum Gasteiger partial charge on any atom is -0.454 e. The van der Waals surface area contributed by atoms with E-state index in [1.807, 2.05) is 60.7 Å². The summed E-state index contributed by atoms with van der Waals surface area (Å²) in [5.41, 5.74) is 3.79. The lowest BCUT2D eigenvalue weighted by Crippen LogP contribution is -2.48. The molecule has 5 nitrogen and oxygen atoms in total. The first-order chi connectivity index (χ1) is 14.8. The van der Waals surface area contributed by atoms with Crippen molar-refractivity contribution in [1.29, 1.82) is 5.26 Å². The number of fused-ring (bicyclic) bond motifs is 2. The molecule has 0 radical (unpaired) electrons. The van der Waals surface area contributed by atoms with Gasteiger partial charge in [0.1, 0.15) is 17.3 Å². The van der Waals surface area contributed by atoms with Crippen molar-refractivity contribution in [3.63, 3.8) is 0 Å². The molecule has 1 saturated heterocycles. The van der Waals surface area contributed by atoms with Gasteiger partial charge >= 0.3 is 0 Å². The summed E-state index contributed by atoms with van der Waals surface area (Å²) in [7, 11) is 0. The summed E-state index contributed by atoms with van der Waals surface area (Å²) in [6, 6.07) is 26.2. The molecule has 0 N–H and O–H groups in total. The SMILES string of the molecule is N#Cc1cccc(CN2CCN(C3=Nc4ccccc4Oc4ccccc43)CC2)c1. The van der Waals surface area contributed by atoms with Crippen LogP contribution in [-0.2, 0) is 6.54 Å². The summed E-state index contributed by atoms with van der Waals surface area (Å²) in [6.07, 6.45) is 0. The smallest absolute Gasteiger partial charge is 0.153 e. The summed E-state index contributed by atoms with van der Waals surface area (Å²) in [4.78, 5) is 9.78. The Hall–Kier alpha value is -3.62. The van der Waals surface area contributed by atoms with E-state index >= 15 is 0 Å². The molecule has 148 valence electrons. The number of rotatable bonds is 2. The van der Waals surface area contributed by atoms with Crippen molar-refractivity contribution in [3.05, 3.63) is 89.5 Å². The van der Waals surface area contributed by atoms with Crippen LogP contribution in [0.5, 0.6) is 11.5 Å². The quantitative estimate of drug-likeness (QED) is 0.639. The van der Waals surface area contributed by atoms with Crippen molar-refractivity contribution in [1.82, 2.24) is 9.80 Å². The van der Waals surface area contributed by atoms with Crippen molar-refractivity contribution in [2.45, 2.75) is 6.54 Å². The minimum absolute atomic E-state index is 0.717. The molecule has 0 bridgehead atoms. The zero-order valence-corrected chi connectivity index (χ0v) is 16.7. The lowest BCUT2D eigenvalue weighted by molar-refractivity contribution is 0.175. The number of piperazine rings is 1. The molecule has 3 aromatic carbocycles. The van der Waals surface area contributed by atoms with E-state index in [1.165, 1.54) is 5.56 Å². The van der Waals surface area contributed by atoms with Crippen LogP contribution in [0.15, 0.2) is 77.8 Å². The van der Waals surface area contributed by atoms with Crippen molar-refractivity contribution in [3.8, 4) is 17.6 Å². The maximum atomic E-state index is 9.13. The van der Waals surface area contributed by atoms with Gasteiger partial charge in [-0.2, -0.15) is 5.26 Å². The van der Waals surface area contributed by atoms with Crippen LogP contribution in [0.3, 0.4) is 0 Å². The Kier molecular flexibility index (Phi) is 4.92. The number of ether oxygens (including phenoxy) is 1. The highest BCUT2D eigenvalue weighted by Gasteiger charge is 2.25. The first kappa shape index (κ1) is 18.4. The molecule has 5 heteroatoms. The van der Waals surface area contributed by atoms with Gasteiger partial charge in [-0.05, 0) is 42.0 Å². The van der Waals surface area contributed by atoms with E-state index < -0.39 is 0 Å². The van der Waals surface area contributed by atoms with Gasteiger partial charge in [0.15, 0.2) is 5.75 Å². The Morgan fingerprint density at radius 1 is 0.867 bits per heavy atom. The van der Waals surface area contributed by atoms with Gasteiger partial charge in [0.25, 0.3) is 0 Å². The van der Waals surface area contributed by atoms with Crippen LogP contribution in [0.2, 0.25) is 0 Å². The maximum absolute atomic E-state index is 9.13. The Morgan fingerprint density at radius 2 is 1.63 bits per heavy atom. The predicted octanol–water partition coefficient (Wildman–Crippen LogP) is 4.56. The maximum Gasteiger partial charge on any atom is 0.153 e. The number of para-hydroxylation sites is 3. The summed E-state index contributed by atoms with van der Waals surface area (Å²) in [5, 5.41) is 9.13. The van der Waals surface area contributed by atoms with Crippen molar-refractivity contribution in [2.24, 2.45) is 4.99 Å². The lowest BCUT2D eigenvalue weighted by Gasteiger charge is -2.36. The van der Waals surface area contributed by atoms with E-state index in [1.54, 1.807) is 0 Å². The van der Waals surface area contributed by atoms with Crippen molar-refractivity contribution in [2.75, 3.05) is 26.2 Å². The van der Waals surface area contributed by atoms with Gasteiger partial charge in [0.05, 0.1) is 17.2 Å². The zero-order chi connectivity index (χ0) is 20.3. The number of hydrogen-bond acceptors (Lipinski definition) is 5. The second-order valence-corrected chi connectivity index (χ2v) is 7.58. The molecule has 0 atom stereocenters. The minimum atomic E-state index is 0.717. The summed E-state index contributed by atoms with van der Waals surface area (Å²) in [6.45, 7) is 4.54. The molecule has 0 aliphatic carbocycles. The number of benzene rings is 3. The van der Waals surface area contributed by atoms with E-state index in [4.69, 9.17) is 15.0 Å². The molecule has 0 amide bonds. The van der Waals surface area contributed by atoms with Crippen LogP contribution >= 0.6 is 0 Å². The first-order valence-corrected chi connectivity index (χ1v) is 10.2. The summed E-state index contributed by atoms with van der Waals surface area (Å²) in [5.74, 6) is 2.61. The fourth-order valence-electron chi connectivity index (χ4n) is 4.03. The fourth-order valence-corrected chi connectivity index (χ4v) is 4.03. The third-order valence-electron chi connectivity index (χ3n) is 5.57. The third kappa shape index (κ3) is 3.66. The van der Waals surface area contributed by atoms with Gasteiger partial charge in [-0.1, -0.05) is 36.4 Å². The number of hydrogen-bond donors (Lipinski definition) is 0. The number of amidine groups is 1. The Labute approximate surface area is 176 Å². The van der Waals surface area contributed by atoms with Crippen LogP contribution in [0.25, 0.3) is 0 Å². The highest BCUT2D eigenvalue weighted by molar-refractivity contribution is 6.03. The normalized spacial score (nSPS) is 15.8. The van der Waals surface area contributed by atoms with Crippen molar-refractivity contribution < 1.29 is 4.74 Å². The second kappa shape index (κ2) is 8.02. The number of nitrogens with zero attached hydrogens (tertiary/aromatic N) is 4. The van der Waals surface area contributed by atoms with Crippen LogP contribution in [-0.4, -0.2) is 41.8 Å². The van der Waals surface area contributed by atoms with Crippen LogP contribution in [0.4, 0.5) is 5.69 Å². The molecule has 30 heavy (non-hydrogen) atoms. The second-order valence-electron chi connectivity index (χ2n) is 7.58. The molecule has 0 aromatic heterocycles. The monoisotopic (exact) mass is 394 g/mol. The lowest BCUT2D eigenvalue weighted by atomic mass is 10.1. The van der Waals surface area contributed by atoms with E-state index in [9.17, 15) is 0 Å². The number of nitriles is 1. The standard InChI is InChI=1S/C25H22N4O/c26-17-19-6-5-7-20(16-19)18-28-12-14-29(15-13-28)25-21-8-1-3-10-23(21)30-24-11-4-2-9-22(24)27-25/h1-11,16H,12-15,18H2. The number of aliphatic imine (C=N–C) groups is 1. The molecule has 0 unspecified atom stereocenters. The largest absolute Gasteiger partial charge is 0.454 e. The van der Waals surface area contributed by atoms with Gasteiger partial charge in [-0.25, -0.2) is 4.99 Å². The highest BCUT2D eigenvalue weighted by Crippen LogP contribution is 2.37. The molecule has 3 aromatic rings.